The summed E-state index contributed by atoms with van der Waals surface area (Å²) in [7, 11) is 0. The summed E-state index contributed by atoms with van der Waals surface area (Å²) in [6, 6.07) is 15.9. The van der Waals surface area contributed by atoms with E-state index >= 15 is 0 Å². The molecule has 2 aromatic carbocycles. The molecule has 1 aliphatic heterocycles. The molecule has 1 saturated heterocycles. The van der Waals surface area contributed by atoms with Crippen LogP contribution in [0.1, 0.15) is 35.7 Å². The van der Waals surface area contributed by atoms with Gasteiger partial charge < -0.3 is 0 Å². The largest absolute Gasteiger partial charge is 0.292 e. The van der Waals surface area contributed by atoms with Crippen molar-refractivity contribution in [2.45, 2.75) is 25.3 Å². The van der Waals surface area contributed by atoms with E-state index in [9.17, 15) is 4.39 Å². The van der Waals surface area contributed by atoms with Crippen LogP contribution in [0, 0.1) is 5.82 Å². The number of thiophene rings is 1. The number of halogens is 1. The Kier molecular flexibility index (Phi) is 4.15. The van der Waals surface area contributed by atoms with Gasteiger partial charge in [-0.05, 0) is 59.8 Å². The average Bonchev–Trinajstić information content (AvgIpc) is 3.02. The number of hydrogen-bond donors (Lipinski definition) is 0. The Hall–Kier alpha value is -1.71. The monoisotopic (exact) mass is 325 g/mol. The van der Waals surface area contributed by atoms with E-state index in [0.717, 1.165) is 13.1 Å². The van der Waals surface area contributed by atoms with Gasteiger partial charge in [-0.15, -0.1) is 11.3 Å². The number of fused-ring (bicyclic) bond motifs is 1. The van der Waals surface area contributed by atoms with Gasteiger partial charge in [0.15, 0.2) is 0 Å². The van der Waals surface area contributed by atoms with Gasteiger partial charge in [-0.2, -0.15) is 0 Å². The molecule has 118 valence electrons. The predicted molar refractivity (Wildman–Crippen MR) is 95.5 cm³/mol. The summed E-state index contributed by atoms with van der Waals surface area (Å²) in [5.74, 6) is -0.165. The normalized spacial score (nSPS) is 17.4. The maximum absolute atomic E-state index is 13.4. The highest BCUT2D eigenvalue weighted by Gasteiger charge is 2.26. The second-order valence-corrected chi connectivity index (χ2v) is 7.15. The number of rotatable bonds is 3. The summed E-state index contributed by atoms with van der Waals surface area (Å²) in [6.07, 6.45) is 3.82. The molecular weight excluding hydrogens is 305 g/mol. The highest BCUT2D eigenvalue weighted by molar-refractivity contribution is 7.11. The summed E-state index contributed by atoms with van der Waals surface area (Å²) in [5, 5.41) is 4.87. The Labute approximate surface area is 140 Å². The lowest BCUT2D eigenvalue weighted by Gasteiger charge is -2.34. The lowest BCUT2D eigenvalue weighted by molar-refractivity contribution is 0.190. The number of nitrogens with zero attached hydrogens (tertiary/aromatic N) is 1. The van der Waals surface area contributed by atoms with E-state index in [1.807, 2.05) is 23.5 Å². The molecule has 1 atom stereocenters. The van der Waals surface area contributed by atoms with E-state index in [2.05, 4.69) is 34.5 Å². The van der Waals surface area contributed by atoms with Gasteiger partial charge in [-0.1, -0.05) is 42.8 Å². The minimum atomic E-state index is -0.165. The Morgan fingerprint density at radius 1 is 0.913 bits per heavy atom. The SMILES string of the molecule is Fc1ccc(C(c2scc3ccccc23)N2CCCCC2)cc1. The van der Waals surface area contributed by atoms with Gasteiger partial charge in [0.05, 0.1) is 6.04 Å². The topological polar surface area (TPSA) is 3.24 Å². The summed E-state index contributed by atoms with van der Waals surface area (Å²) in [6.45, 7) is 2.24. The standard InChI is InChI=1S/C20H20FNS/c21-17-10-8-15(9-11-17)19(22-12-4-1-5-13-22)20-18-7-3-2-6-16(18)14-23-20/h2-3,6-11,14,19H,1,4-5,12-13H2. The molecule has 3 heteroatoms. The lowest BCUT2D eigenvalue weighted by atomic mass is 9.98. The van der Waals surface area contributed by atoms with E-state index in [-0.39, 0.29) is 11.9 Å². The van der Waals surface area contributed by atoms with Gasteiger partial charge in [-0.3, -0.25) is 4.90 Å². The van der Waals surface area contributed by atoms with Gasteiger partial charge in [0.2, 0.25) is 0 Å². The van der Waals surface area contributed by atoms with Crippen LogP contribution in [0.15, 0.2) is 53.9 Å². The van der Waals surface area contributed by atoms with Crippen molar-refractivity contribution in [2.24, 2.45) is 0 Å². The molecule has 0 bridgehead atoms. The van der Waals surface area contributed by atoms with Crippen molar-refractivity contribution in [2.75, 3.05) is 13.1 Å². The highest BCUT2D eigenvalue weighted by Crippen LogP contribution is 2.39. The molecule has 0 saturated carbocycles. The zero-order valence-electron chi connectivity index (χ0n) is 13.0. The molecule has 0 aliphatic carbocycles. The zero-order valence-corrected chi connectivity index (χ0v) is 13.9. The van der Waals surface area contributed by atoms with Crippen molar-refractivity contribution in [3.8, 4) is 0 Å². The molecule has 23 heavy (non-hydrogen) atoms. The van der Waals surface area contributed by atoms with Gasteiger partial charge in [0, 0.05) is 4.88 Å². The van der Waals surface area contributed by atoms with Crippen molar-refractivity contribution in [1.82, 2.24) is 4.90 Å². The molecule has 0 N–H and O–H groups in total. The molecule has 0 spiro atoms. The first-order valence-corrected chi connectivity index (χ1v) is 9.16. The first-order valence-electron chi connectivity index (χ1n) is 8.28. The van der Waals surface area contributed by atoms with Crippen LogP contribution in [0.3, 0.4) is 0 Å². The predicted octanol–water partition coefficient (Wildman–Crippen LogP) is 5.62. The summed E-state index contributed by atoms with van der Waals surface area (Å²) in [4.78, 5) is 3.95. The first-order chi connectivity index (χ1) is 11.3. The molecule has 1 aromatic heterocycles. The maximum Gasteiger partial charge on any atom is 0.123 e. The van der Waals surface area contributed by atoms with Crippen molar-refractivity contribution in [1.29, 1.82) is 0 Å². The second-order valence-electron chi connectivity index (χ2n) is 6.24. The van der Waals surface area contributed by atoms with E-state index in [1.165, 1.54) is 40.5 Å². The minimum Gasteiger partial charge on any atom is -0.292 e. The van der Waals surface area contributed by atoms with Crippen LogP contribution in [0.5, 0.6) is 0 Å². The van der Waals surface area contributed by atoms with E-state index < -0.39 is 0 Å². The Balaban J connectivity index is 1.82. The fourth-order valence-corrected chi connectivity index (χ4v) is 4.76. The Bertz CT molecular complexity index is 787. The smallest absolute Gasteiger partial charge is 0.123 e. The van der Waals surface area contributed by atoms with Crippen LogP contribution >= 0.6 is 11.3 Å². The fraction of sp³-hybridized carbons (Fsp3) is 0.300. The third-order valence-corrected chi connectivity index (χ3v) is 5.80. The van der Waals surface area contributed by atoms with Crippen LogP contribution in [-0.4, -0.2) is 18.0 Å². The van der Waals surface area contributed by atoms with Crippen LogP contribution in [0.2, 0.25) is 0 Å². The van der Waals surface area contributed by atoms with Crippen molar-refractivity contribution in [3.05, 3.63) is 70.2 Å². The Morgan fingerprint density at radius 2 is 1.65 bits per heavy atom. The van der Waals surface area contributed by atoms with Crippen LogP contribution in [-0.2, 0) is 0 Å². The van der Waals surface area contributed by atoms with Crippen LogP contribution in [0.4, 0.5) is 4.39 Å². The van der Waals surface area contributed by atoms with Crippen molar-refractivity contribution < 1.29 is 4.39 Å². The molecular formula is C20H20FNS. The molecule has 0 amide bonds. The average molecular weight is 325 g/mol. The van der Waals surface area contributed by atoms with Crippen LogP contribution < -0.4 is 0 Å². The van der Waals surface area contributed by atoms with Crippen molar-refractivity contribution >= 4 is 22.1 Å². The number of likely N-dealkylation sites (tertiary alicyclic amines) is 1. The third kappa shape index (κ3) is 2.91. The molecule has 4 rings (SSSR count). The number of piperidine rings is 1. The second kappa shape index (κ2) is 6.42. The van der Waals surface area contributed by atoms with Gasteiger partial charge in [0.25, 0.3) is 0 Å². The number of benzene rings is 2. The highest BCUT2D eigenvalue weighted by atomic mass is 32.1. The molecule has 0 radical (unpaired) electrons. The molecule has 1 nitrogen and oxygen atoms in total. The molecule has 2 heterocycles. The Morgan fingerprint density at radius 3 is 2.43 bits per heavy atom. The number of hydrogen-bond acceptors (Lipinski definition) is 2. The maximum atomic E-state index is 13.4. The molecule has 1 aliphatic rings. The minimum absolute atomic E-state index is 0.165. The molecule has 3 aromatic rings. The molecule has 1 fully saturated rings. The third-order valence-electron chi connectivity index (χ3n) is 4.73. The lowest BCUT2D eigenvalue weighted by Crippen LogP contribution is -2.34. The van der Waals surface area contributed by atoms with Gasteiger partial charge in [-0.25, -0.2) is 4.39 Å². The van der Waals surface area contributed by atoms with Crippen molar-refractivity contribution in [3.63, 3.8) is 0 Å². The van der Waals surface area contributed by atoms with Gasteiger partial charge >= 0.3 is 0 Å². The van der Waals surface area contributed by atoms with E-state index in [0.29, 0.717) is 0 Å². The quantitative estimate of drug-likeness (QED) is 0.604. The summed E-state index contributed by atoms with van der Waals surface area (Å²) in [5.41, 5.74) is 1.20. The van der Waals surface area contributed by atoms with E-state index in [1.54, 1.807) is 12.1 Å². The zero-order chi connectivity index (χ0) is 15.6. The van der Waals surface area contributed by atoms with Crippen LogP contribution in [0.25, 0.3) is 10.8 Å². The molecule has 1 unspecified atom stereocenters. The first kappa shape index (κ1) is 14.9. The fourth-order valence-electron chi connectivity index (χ4n) is 3.58. The van der Waals surface area contributed by atoms with Gasteiger partial charge in [0.1, 0.15) is 5.82 Å². The summed E-state index contributed by atoms with van der Waals surface area (Å²) >= 11 is 1.83. The van der Waals surface area contributed by atoms with E-state index in [4.69, 9.17) is 0 Å². The summed E-state index contributed by atoms with van der Waals surface area (Å²) < 4.78 is 13.4.